The first-order valence-corrected chi connectivity index (χ1v) is 29.0. The molecule has 380 valence electrons. The fourth-order valence-electron chi connectivity index (χ4n) is 8.88. The van der Waals surface area contributed by atoms with Gasteiger partial charge in [0.15, 0.2) is 0 Å². The molecule has 0 aromatic carbocycles. The highest BCUT2D eigenvalue weighted by atomic mass is 16.3. The van der Waals surface area contributed by atoms with E-state index in [0.717, 1.165) is 51.4 Å². The van der Waals surface area contributed by atoms with Crippen LogP contribution in [0.2, 0.25) is 0 Å². The van der Waals surface area contributed by atoms with Gasteiger partial charge in [0.05, 0.1) is 18.8 Å². The molecule has 4 heteroatoms. The minimum Gasteiger partial charge on any atom is -0.394 e. The third-order valence-corrected chi connectivity index (χ3v) is 13.3. The van der Waals surface area contributed by atoms with E-state index in [2.05, 4.69) is 67.8 Å². The van der Waals surface area contributed by atoms with Crippen LogP contribution >= 0.6 is 0 Å². The summed E-state index contributed by atoms with van der Waals surface area (Å²) in [6.07, 6.45) is 79.6. The van der Waals surface area contributed by atoms with Gasteiger partial charge >= 0.3 is 0 Å². The van der Waals surface area contributed by atoms with Crippen LogP contribution in [-0.4, -0.2) is 34.9 Å². The van der Waals surface area contributed by atoms with Crippen LogP contribution in [0.1, 0.15) is 303 Å². The van der Waals surface area contributed by atoms with Crippen LogP contribution in [0.25, 0.3) is 0 Å². The van der Waals surface area contributed by atoms with Crippen molar-refractivity contribution in [3.8, 4) is 0 Å². The Morgan fingerprint density at radius 1 is 0.385 bits per heavy atom. The Hall–Kier alpha value is -1.91. The fourth-order valence-corrected chi connectivity index (χ4v) is 8.88. The molecule has 0 aromatic heterocycles. The topological polar surface area (TPSA) is 69.6 Å². The van der Waals surface area contributed by atoms with Gasteiger partial charge in [0.1, 0.15) is 0 Å². The lowest BCUT2D eigenvalue weighted by molar-refractivity contribution is -0.123. The first kappa shape index (κ1) is 63.1. The molecule has 0 rings (SSSR count). The zero-order valence-electron chi connectivity index (χ0n) is 43.8. The summed E-state index contributed by atoms with van der Waals surface area (Å²) in [5.41, 5.74) is 0. The van der Waals surface area contributed by atoms with Gasteiger partial charge in [-0.25, -0.2) is 0 Å². The van der Waals surface area contributed by atoms with E-state index < -0.39 is 12.1 Å². The highest BCUT2D eigenvalue weighted by Gasteiger charge is 2.18. The van der Waals surface area contributed by atoms with E-state index in [9.17, 15) is 15.0 Å². The van der Waals surface area contributed by atoms with Crippen LogP contribution < -0.4 is 5.32 Å². The Kier molecular flexibility index (Phi) is 54.8. The molecule has 0 fully saturated rings. The average molecular weight is 909 g/mol. The predicted molar refractivity (Wildman–Crippen MR) is 290 cm³/mol. The van der Waals surface area contributed by atoms with Crippen molar-refractivity contribution >= 4 is 5.91 Å². The van der Waals surface area contributed by atoms with Crippen molar-refractivity contribution in [3.63, 3.8) is 0 Å². The van der Waals surface area contributed by atoms with Gasteiger partial charge in [0.25, 0.3) is 0 Å². The van der Waals surface area contributed by atoms with Gasteiger partial charge in [-0.1, -0.05) is 299 Å². The number of nitrogens with one attached hydrogen (secondary N) is 1. The van der Waals surface area contributed by atoms with Crippen LogP contribution in [0.3, 0.4) is 0 Å². The number of carbonyl (C=O) groups excluding carboxylic acids is 1. The molecule has 2 unspecified atom stereocenters. The molecular formula is C61H113NO3. The average Bonchev–Trinajstić information content (AvgIpc) is 3.31. The summed E-state index contributed by atoms with van der Waals surface area (Å²) in [5.74, 6) is -0.0671. The highest BCUT2D eigenvalue weighted by Crippen LogP contribution is 2.17. The summed E-state index contributed by atoms with van der Waals surface area (Å²) >= 11 is 0. The molecular weight excluding hydrogens is 795 g/mol. The number of allylic oxidation sites excluding steroid dienone is 9. The molecule has 0 aromatic rings. The van der Waals surface area contributed by atoms with E-state index in [1.807, 2.05) is 6.08 Å². The van der Waals surface area contributed by atoms with E-state index in [-0.39, 0.29) is 12.5 Å². The van der Waals surface area contributed by atoms with Gasteiger partial charge in [0.2, 0.25) is 5.91 Å². The monoisotopic (exact) mass is 908 g/mol. The molecule has 1 amide bonds. The maximum absolute atomic E-state index is 12.5. The standard InChI is InChI=1S/C61H113NO3/c1-3-5-7-9-11-13-15-17-19-21-23-25-27-28-29-30-31-32-33-35-36-38-40-42-44-46-48-50-52-54-56-60(64)59(58-63)62-61(65)57-55-53-51-49-47-45-43-41-39-37-34-26-24-22-20-18-16-14-12-10-8-6-4-2/h6,8,12,14,18,20,24,26,54,56,59-60,63-64H,3-5,7,9-11,13,15-17,19,21-23,25,27-53,55,57-58H2,1-2H3,(H,62,65)/b8-6-,14-12-,20-18-,26-24-,56-54+. The normalized spacial score (nSPS) is 13.2. The number of aliphatic hydroxyl groups excluding tert-OH is 2. The third-order valence-electron chi connectivity index (χ3n) is 13.3. The summed E-state index contributed by atoms with van der Waals surface area (Å²) in [4.78, 5) is 12.5. The molecule has 0 aliphatic heterocycles. The van der Waals surface area contributed by atoms with Crippen molar-refractivity contribution in [3.05, 3.63) is 60.8 Å². The number of carbonyl (C=O) groups is 1. The molecule has 0 bridgehead atoms. The number of amides is 1. The SMILES string of the molecule is CC/C=C\C/C=C\C/C=C\C/C=C\CCCCCCCCCCCCC(=O)NC(CO)C(O)/C=C/CCCCCCCCCCCCCCCCCCCCCCCCCCCCCC. The van der Waals surface area contributed by atoms with E-state index in [1.165, 1.54) is 231 Å². The first-order chi connectivity index (χ1) is 32.2. The quantitative estimate of drug-likeness (QED) is 0.0421. The highest BCUT2D eigenvalue weighted by molar-refractivity contribution is 5.76. The Bertz CT molecular complexity index is 1070. The predicted octanol–water partition coefficient (Wildman–Crippen LogP) is 19.2. The summed E-state index contributed by atoms with van der Waals surface area (Å²) in [5, 5.41) is 23.2. The Labute approximate surface area is 406 Å². The molecule has 65 heavy (non-hydrogen) atoms. The second-order valence-electron chi connectivity index (χ2n) is 19.7. The van der Waals surface area contributed by atoms with E-state index in [1.54, 1.807) is 6.08 Å². The Morgan fingerprint density at radius 2 is 0.677 bits per heavy atom. The Balaban J connectivity index is 3.49. The fraction of sp³-hybridized carbons (Fsp3) is 0.820. The van der Waals surface area contributed by atoms with Crippen molar-refractivity contribution in [1.29, 1.82) is 0 Å². The molecule has 0 spiro atoms. The Morgan fingerprint density at radius 3 is 1.02 bits per heavy atom. The second kappa shape index (κ2) is 56.4. The van der Waals surface area contributed by atoms with Crippen molar-refractivity contribution in [2.24, 2.45) is 0 Å². The van der Waals surface area contributed by atoms with Crippen LogP contribution in [0.4, 0.5) is 0 Å². The lowest BCUT2D eigenvalue weighted by Gasteiger charge is -2.20. The van der Waals surface area contributed by atoms with Crippen molar-refractivity contribution in [2.75, 3.05) is 6.61 Å². The summed E-state index contributed by atoms with van der Waals surface area (Å²) in [6, 6.07) is -0.628. The molecule has 0 saturated carbocycles. The van der Waals surface area contributed by atoms with Gasteiger partial charge in [-0.15, -0.1) is 0 Å². The molecule has 0 aliphatic carbocycles. The molecule has 3 N–H and O–H groups in total. The van der Waals surface area contributed by atoms with Crippen LogP contribution in [0, 0.1) is 0 Å². The number of rotatable bonds is 53. The second-order valence-corrected chi connectivity index (χ2v) is 19.7. The van der Waals surface area contributed by atoms with Gasteiger partial charge in [0, 0.05) is 6.42 Å². The number of aliphatic hydroxyl groups is 2. The van der Waals surface area contributed by atoms with Crippen molar-refractivity contribution < 1.29 is 15.0 Å². The minimum atomic E-state index is -0.845. The summed E-state index contributed by atoms with van der Waals surface area (Å²) in [7, 11) is 0. The van der Waals surface area contributed by atoms with Crippen LogP contribution in [-0.2, 0) is 4.79 Å². The van der Waals surface area contributed by atoms with Gasteiger partial charge in [-0.05, 0) is 57.8 Å². The molecule has 0 heterocycles. The smallest absolute Gasteiger partial charge is 0.220 e. The number of hydrogen-bond acceptors (Lipinski definition) is 3. The zero-order chi connectivity index (χ0) is 47.0. The maximum atomic E-state index is 12.5. The van der Waals surface area contributed by atoms with Crippen LogP contribution in [0.15, 0.2) is 60.8 Å². The maximum Gasteiger partial charge on any atom is 0.220 e. The largest absolute Gasteiger partial charge is 0.394 e. The molecule has 0 saturated heterocycles. The lowest BCUT2D eigenvalue weighted by atomic mass is 10.0. The number of unbranched alkanes of at least 4 members (excludes halogenated alkanes) is 38. The molecule has 2 atom stereocenters. The van der Waals surface area contributed by atoms with Gasteiger partial charge in [-0.2, -0.15) is 0 Å². The number of hydrogen-bond donors (Lipinski definition) is 3. The molecule has 0 radical (unpaired) electrons. The van der Waals surface area contributed by atoms with Crippen molar-refractivity contribution in [2.45, 2.75) is 315 Å². The summed E-state index contributed by atoms with van der Waals surface area (Å²) < 4.78 is 0. The van der Waals surface area contributed by atoms with Crippen LogP contribution in [0.5, 0.6) is 0 Å². The third kappa shape index (κ3) is 52.9. The van der Waals surface area contributed by atoms with E-state index in [0.29, 0.717) is 6.42 Å². The van der Waals surface area contributed by atoms with E-state index in [4.69, 9.17) is 0 Å². The molecule has 0 aliphatic rings. The molecule has 4 nitrogen and oxygen atoms in total. The minimum absolute atomic E-state index is 0.0671. The van der Waals surface area contributed by atoms with Crippen molar-refractivity contribution in [1.82, 2.24) is 5.32 Å². The zero-order valence-corrected chi connectivity index (χ0v) is 43.8. The van der Waals surface area contributed by atoms with E-state index >= 15 is 0 Å². The lowest BCUT2D eigenvalue weighted by Crippen LogP contribution is -2.45. The first-order valence-electron chi connectivity index (χ1n) is 29.0. The van der Waals surface area contributed by atoms with Gasteiger partial charge in [-0.3, -0.25) is 4.79 Å². The van der Waals surface area contributed by atoms with Gasteiger partial charge < -0.3 is 15.5 Å². The summed E-state index contributed by atoms with van der Waals surface area (Å²) in [6.45, 7) is 4.22.